The third kappa shape index (κ3) is 4.24. The largest absolute Gasteiger partial charge is 0.484 e. The number of nitro benzene ring substituents is 1. The van der Waals surface area contributed by atoms with E-state index in [1.54, 1.807) is 12.1 Å². The molecule has 4 rings (SSSR count). The lowest BCUT2D eigenvalue weighted by Gasteiger charge is -2.28. The van der Waals surface area contributed by atoms with Crippen LogP contribution in [0.1, 0.15) is 48.9 Å². The molecule has 29 heavy (non-hydrogen) atoms. The van der Waals surface area contributed by atoms with Crippen LogP contribution in [0.15, 0.2) is 34.7 Å². The molecule has 0 aliphatic heterocycles. The molecular weight excluding hydrogens is 396 g/mol. The highest BCUT2D eigenvalue weighted by atomic mass is 35.5. The highest BCUT2D eigenvalue weighted by molar-refractivity contribution is 6.32. The fourth-order valence-electron chi connectivity index (χ4n) is 4.73. The molecule has 2 fully saturated rings. The van der Waals surface area contributed by atoms with Crippen LogP contribution in [0.5, 0.6) is 5.75 Å². The number of carbonyl (C=O) groups is 1. The minimum Gasteiger partial charge on any atom is -0.484 e. The summed E-state index contributed by atoms with van der Waals surface area (Å²) in [6.07, 6.45) is 5.11. The minimum atomic E-state index is -0.518. The van der Waals surface area contributed by atoms with E-state index in [2.05, 4.69) is 12.2 Å². The standard InChI is InChI=1S/C21H23ClN2O5/c1-12(17-9-13-2-3-14(17)8-13)23-21(25)19-7-5-16(29-19)11-28-20-10-15(24(26)27)4-6-18(20)22/h4-7,10,12-14,17H,2-3,8-9,11H2,1H3,(H,23,25). The summed E-state index contributed by atoms with van der Waals surface area (Å²) in [6.45, 7) is 2.08. The maximum atomic E-state index is 12.5. The van der Waals surface area contributed by atoms with Crippen LogP contribution in [-0.4, -0.2) is 16.9 Å². The van der Waals surface area contributed by atoms with Crippen LogP contribution in [0.25, 0.3) is 0 Å². The number of fused-ring (bicyclic) bond motifs is 2. The summed E-state index contributed by atoms with van der Waals surface area (Å²) in [4.78, 5) is 22.9. The molecule has 1 heterocycles. The van der Waals surface area contributed by atoms with Gasteiger partial charge in [-0.3, -0.25) is 14.9 Å². The molecule has 7 nitrogen and oxygen atoms in total. The number of ether oxygens (including phenoxy) is 1. The van der Waals surface area contributed by atoms with Gasteiger partial charge in [0, 0.05) is 12.1 Å². The summed E-state index contributed by atoms with van der Waals surface area (Å²) in [5, 5.41) is 14.2. The normalized spacial score (nSPS) is 23.7. The maximum absolute atomic E-state index is 12.5. The first-order valence-electron chi connectivity index (χ1n) is 9.87. The summed E-state index contributed by atoms with van der Waals surface area (Å²) < 4.78 is 11.1. The Kier molecular flexibility index (Phi) is 5.50. The van der Waals surface area contributed by atoms with Crippen molar-refractivity contribution >= 4 is 23.2 Å². The zero-order valence-corrected chi connectivity index (χ0v) is 16.9. The number of amides is 1. The van der Waals surface area contributed by atoms with E-state index in [1.807, 2.05) is 0 Å². The van der Waals surface area contributed by atoms with Crippen LogP contribution in [0.4, 0.5) is 5.69 Å². The van der Waals surface area contributed by atoms with Gasteiger partial charge in [-0.05, 0) is 62.1 Å². The molecule has 2 bridgehead atoms. The Hall–Kier alpha value is -2.54. The number of nitro groups is 1. The molecule has 4 atom stereocenters. The van der Waals surface area contributed by atoms with Gasteiger partial charge in [0.05, 0.1) is 16.0 Å². The molecule has 2 aromatic rings. The smallest absolute Gasteiger partial charge is 0.287 e. The van der Waals surface area contributed by atoms with Gasteiger partial charge in [-0.25, -0.2) is 0 Å². The van der Waals surface area contributed by atoms with Crippen molar-refractivity contribution in [1.82, 2.24) is 5.32 Å². The predicted octanol–water partition coefficient (Wildman–Crippen LogP) is 4.97. The third-order valence-corrected chi connectivity index (χ3v) is 6.49. The van der Waals surface area contributed by atoms with E-state index >= 15 is 0 Å². The molecule has 2 aliphatic rings. The number of carbonyl (C=O) groups excluding carboxylic acids is 1. The Balaban J connectivity index is 1.34. The van der Waals surface area contributed by atoms with E-state index in [1.165, 1.54) is 43.9 Å². The average Bonchev–Trinajstić information content (AvgIpc) is 3.44. The summed E-state index contributed by atoms with van der Waals surface area (Å²) in [5.41, 5.74) is -0.112. The number of rotatable bonds is 7. The molecule has 1 N–H and O–H groups in total. The number of non-ortho nitro benzene ring substituents is 1. The van der Waals surface area contributed by atoms with Gasteiger partial charge in [0.1, 0.15) is 18.1 Å². The van der Waals surface area contributed by atoms with Crippen molar-refractivity contribution in [2.24, 2.45) is 17.8 Å². The molecule has 154 valence electrons. The topological polar surface area (TPSA) is 94.6 Å². The van der Waals surface area contributed by atoms with E-state index in [0.29, 0.717) is 11.7 Å². The van der Waals surface area contributed by atoms with Crippen molar-refractivity contribution in [3.63, 3.8) is 0 Å². The van der Waals surface area contributed by atoms with Gasteiger partial charge in [0.15, 0.2) is 5.76 Å². The molecule has 1 aromatic carbocycles. The second-order valence-electron chi connectivity index (χ2n) is 8.03. The molecule has 0 spiro atoms. The Bertz CT molecular complexity index is 928. The van der Waals surface area contributed by atoms with Crippen LogP contribution in [0, 0.1) is 27.9 Å². The summed E-state index contributed by atoms with van der Waals surface area (Å²) in [5.74, 6) is 2.72. The zero-order chi connectivity index (χ0) is 20.5. The van der Waals surface area contributed by atoms with Crippen LogP contribution < -0.4 is 10.1 Å². The first-order chi connectivity index (χ1) is 13.9. The number of nitrogens with zero attached hydrogens (tertiary/aromatic N) is 1. The predicted molar refractivity (Wildman–Crippen MR) is 107 cm³/mol. The molecule has 2 saturated carbocycles. The van der Waals surface area contributed by atoms with E-state index in [4.69, 9.17) is 20.8 Å². The van der Waals surface area contributed by atoms with Crippen molar-refractivity contribution in [2.45, 2.75) is 45.3 Å². The SMILES string of the molecule is CC(NC(=O)c1ccc(COc2cc([N+](=O)[O-])ccc2Cl)o1)C1CC2CCC1C2. The number of furan rings is 1. The molecular formula is C21H23ClN2O5. The minimum absolute atomic E-state index is 0.0100. The average molecular weight is 419 g/mol. The Morgan fingerprint density at radius 1 is 1.34 bits per heavy atom. The van der Waals surface area contributed by atoms with Crippen LogP contribution in [0.2, 0.25) is 5.02 Å². The molecule has 0 radical (unpaired) electrons. The van der Waals surface area contributed by atoms with E-state index < -0.39 is 4.92 Å². The summed E-state index contributed by atoms with van der Waals surface area (Å²) >= 11 is 6.03. The van der Waals surface area contributed by atoms with Crippen LogP contribution in [-0.2, 0) is 6.61 Å². The quantitative estimate of drug-likeness (QED) is 0.505. The van der Waals surface area contributed by atoms with Gasteiger partial charge in [-0.2, -0.15) is 0 Å². The lowest BCUT2D eigenvalue weighted by Crippen LogP contribution is -2.40. The Morgan fingerprint density at radius 3 is 2.86 bits per heavy atom. The van der Waals surface area contributed by atoms with E-state index in [-0.39, 0.29) is 40.8 Å². The van der Waals surface area contributed by atoms with Crippen LogP contribution >= 0.6 is 11.6 Å². The van der Waals surface area contributed by atoms with Crippen molar-refractivity contribution < 1.29 is 18.9 Å². The molecule has 2 aliphatic carbocycles. The van der Waals surface area contributed by atoms with Crippen molar-refractivity contribution in [3.05, 3.63) is 57.0 Å². The monoisotopic (exact) mass is 418 g/mol. The van der Waals surface area contributed by atoms with Gasteiger partial charge < -0.3 is 14.5 Å². The molecule has 8 heteroatoms. The van der Waals surface area contributed by atoms with E-state index in [9.17, 15) is 14.9 Å². The highest BCUT2D eigenvalue weighted by Crippen LogP contribution is 2.49. The summed E-state index contributed by atoms with van der Waals surface area (Å²) in [6, 6.07) is 7.36. The Morgan fingerprint density at radius 2 is 2.17 bits per heavy atom. The highest BCUT2D eigenvalue weighted by Gasteiger charge is 2.42. The van der Waals surface area contributed by atoms with Gasteiger partial charge >= 0.3 is 0 Å². The molecule has 0 saturated heterocycles. The fraction of sp³-hybridized carbons (Fsp3) is 0.476. The van der Waals surface area contributed by atoms with Crippen LogP contribution in [0.3, 0.4) is 0 Å². The fourth-order valence-corrected chi connectivity index (χ4v) is 4.91. The van der Waals surface area contributed by atoms with Crippen molar-refractivity contribution in [1.29, 1.82) is 0 Å². The number of nitrogens with one attached hydrogen (secondary N) is 1. The number of halogens is 1. The lowest BCUT2D eigenvalue weighted by molar-refractivity contribution is -0.384. The second-order valence-corrected chi connectivity index (χ2v) is 8.43. The first-order valence-corrected chi connectivity index (χ1v) is 10.2. The van der Waals surface area contributed by atoms with Crippen molar-refractivity contribution in [2.75, 3.05) is 0 Å². The molecule has 1 amide bonds. The van der Waals surface area contributed by atoms with Gasteiger partial charge in [0.25, 0.3) is 11.6 Å². The summed E-state index contributed by atoms with van der Waals surface area (Å²) in [7, 11) is 0. The molecule has 1 aromatic heterocycles. The number of benzene rings is 1. The second kappa shape index (κ2) is 8.06. The maximum Gasteiger partial charge on any atom is 0.287 e. The Labute approximate surface area is 173 Å². The van der Waals surface area contributed by atoms with Gasteiger partial charge in [0.2, 0.25) is 0 Å². The lowest BCUT2D eigenvalue weighted by atomic mass is 9.84. The number of hydrogen-bond donors (Lipinski definition) is 1. The van der Waals surface area contributed by atoms with Gasteiger partial charge in [-0.15, -0.1) is 0 Å². The molecule has 4 unspecified atom stereocenters. The first kappa shape index (κ1) is 19.8. The number of hydrogen-bond acceptors (Lipinski definition) is 5. The van der Waals surface area contributed by atoms with Crippen molar-refractivity contribution in [3.8, 4) is 5.75 Å². The third-order valence-electron chi connectivity index (χ3n) is 6.17. The zero-order valence-electron chi connectivity index (χ0n) is 16.1. The van der Waals surface area contributed by atoms with E-state index in [0.717, 1.165) is 11.8 Å². The van der Waals surface area contributed by atoms with Gasteiger partial charge in [-0.1, -0.05) is 18.0 Å².